The molecule has 0 aliphatic carbocycles. The van der Waals surface area contributed by atoms with Crippen LogP contribution in [0.4, 0.5) is 0 Å². The molecule has 0 bridgehead atoms. The minimum absolute atomic E-state index is 0.941. The minimum atomic E-state index is 0.941. The second kappa shape index (κ2) is 9.03. The lowest BCUT2D eigenvalue weighted by molar-refractivity contribution is 0.926. The number of benzene rings is 4. The van der Waals surface area contributed by atoms with E-state index >= 15 is 0 Å². The average molecular weight is 531 g/mol. The van der Waals surface area contributed by atoms with Gasteiger partial charge >= 0.3 is 0 Å². The highest BCUT2D eigenvalue weighted by Gasteiger charge is 2.20. The molecule has 6 nitrogen and oxygen atoms in total. The second-order valence-corrected chi connectivity index (χ2v) is 10.4. The van der Waals surface area contributed by atoms with E-state index < -0.39 is 0 Å². The summed E-state index contributed by atoms with van der Waals surface area (Å²) in [7, 11) is 4.13. The summed E-state index contributed by atoms with van der Waals surface area (Å²) in [6.07, 6.45) is 5.69. The van der Waals surface area contributed by atoms with Crippen LogP contribution in [0.2, 0.25) is 0 Å². The first-order valence-corrected chi connectivity index (χ1v) is 13.7. The molecule has 0 radical (unpaired) electrons. The van der Waals surface area contributed by atoms with Gasteiger partial charge in [0.25, 0.3) is 0 Å². The van der Waals surface area contributed by atoms with Crippen LogP contribution in [0.25, 0.3) is 72.6 Å². The number of hydrogen-bond donors (Lipinski definition) is 0. The maximum Gasteiger partial charge on any atom is 0.140 e. The van der Waals surface area contributed by atoms with Crippen LogP contribution in [0, 0.1) is 0 Å². The molecule has 0 spiro atoms. The van der Waals surface area contributed by atoms with Crippen LogP contribution in [-0.2, 0) is 14.1 Å². The van der Waals surface area contributed by atoms with E-state index in [4.69, 9.17) is 9.97 Å². The Morgan fingerprint density at radius 2 is 1.46 bits per heavy atom. The van der Waals surface area contributed by atoms with Crippen molar-refractivity contribution in [2.75, 3.05) is 0 Å². The highest BCUT2D eigenvalue weighted by Crippen LogP contribution is 2.40. The lowest BCUT2D eigenvalue weighted by atomic mass is 10.0. The Labute approximate surface area is 236 Å². The predicted octanol–water partition coefficient (Wildman–Crippen LogP) is 7.80. The van der Waals surface area contributed by atoms with Crippen LogP contribution < -0.4 is 0 Å². The normalized spacial score (nSPS) is 11.7. The molecule has 0 fully saturated rings. The van der Waals surface area contributed by atoms with Gasteiger partial charge in [-0.15, -0.1) is 0 Å². The Kier molecular flexibility index (Phi) is 5.15. The quantitative estimate of drug-likeness (QED) is 0.233. The molecule has 4 aromatic heterocycles. The molecule has 0 N–H and O–H groups in total. The Morgan fingerprint density at radius 1 is 0.610 bits per heavy atom. The molecule has 4 heterocycles. The van der Waals surface area contributed by atoms with Gasteiger partial charge in [-0.3, -0.25) is 4.98 Å². The second-order valence-electron chi connectivity index (χ2n) is 10.4. The first kappa shape index (κ1) is 23.4. The van der Waals surface area contributed by atoms with Gasteiger partial charge in [-0.2, -0.15) is 0 Å². The van der Waals surface area contributed by atoms with Gasteiger partial charge in [0.15, 0.2) is 0 Å². The van der Waals surface area contributed by atoms with E-state index in [9.17, 15) is 0 Å². The molecule has 0 amide bonds. The van der Waals surface area contributed by atoms with Crippen LogP contribution in [0.5, 0.6) is 0 Å². The highest BCUT2D eigenvalue weighted by molar-refractivity contribution is 6.16. The fourth-order valence-corrected chi connectivity index (χ4v) is 6.04. The third-order valence-electron chi connectivity index (χ3n) is 7.96. The summed E-state index contributed by atoms with van der Waals surface area (Å²) in [5, 5.41) is 2.35. The van der Waals surface area contributed by atoms with E-state index in [0.29, 0.717) is 0 Å². The molecule has 8 rings (SSSR count). The van der Waals surface area contributed by atoms with Gasteiger partial charge in [-0.05, 0) is 48.5 Å². The SMILES string of the molecule is Cn1ccnc1-c1cccc2c1c1ccc(-c3nc4ccccc4n3C)cc1n2-c1cccc(-c2ccccn2)c1. The summed E-state index contributed by atoms with van der Waals surface area (Å²) in [5.74, 6) is 1.88. The van der Waals surface area contributed by atoms with E-state index in [2.05, 4.69) is 105 Å². The smallest absolute Gasteiger partial charge is 0.140 e. The lowest BCUT2D eigenvalue weighted by Crippen LogP contribution is -1.96. The summed E-state index contributed by atoms with van der Waals surface area (Å²) in [4.78, 5) is 14.3. The fraction of sp³-hybridized carbons (Fsp3) is 0.0571. The minimum Gasteiger partial charge on any atom is -0.334 e. The summed E-state index contributed by atoms with van der Waals surface area (Å²) < 4.78 is 6.60. The van der Waals surface area contributed by atoms with E-state index in [-0.39, 0.29) is 0 Å². The number of nitrogens with zero attached hydrogens (tertiary/aromatic N) is 6. The maximum absolute atomic E-state index is 5.00. The van der Waals surface area contributed by atoms with Gasteiger partial charge in [0.1, 0.15) is 11.6 Å². The van der Waals surface area contributed by atoms with Gasteiger partial charge < -0.3 is 13.7 Å². The number of aryl methyl sites for hydroxylation is 2. The zero-order valence-electron chi connectivity index (χ0n) is 22.7. The Balaban J connectivity index is 1.45. The lowest BCUT2D eigenvalue weighted by Gasteiger charge is -2.11. The number of aromatic nitrogens is 6. The van der Waals surface area contributed by atoms with E-state index in [0.717, 1.165) is 61.8 Å². The number of imidazole rings is 2. The predicted molar refractivity (Wildman–Crippen MR) is 166 cm³/mol. The van der Waals surface area contributed by atoms with Gasteiger partial charge in [-0.1, -0.05) is 54.6 Å². The van der Waals surface area contributed by atoms with Gasteiger partial charge in [0.2, 0.25) is 0 Å². The standard InChI is InChI=1S/C35H26N6/c1-39-20-19-37-35(39)27-11-8-15-31-33(27)26-17-16-24(34-38-29-13-3-4-14-30(29)40(34)2)22-32(26)41(31)25-10-7-9-23(21-25)28-12-5-6-18-36-28/h3-22H,1-2H3. The Hall–Kier alpha value is -5.49. The molecule has 0 aliphatic heterocycles. The van der Waals surface area contributed by atoms with Gasteiger partial charge in [-0.25, -0.2) is 9.97 Å². The monoisotopic (exact) mass is 530 g/mol. The van der Waals surface area contributed by atoms with Crippen molar-refractivity contribution in [3.05, 3.63) is 122 Å². The molecule has 6 heteroatoms. The number of hydrogen-bond acceptors (Lipinski definition) is 3. The van der Waals surface area contributed by atoms with Crippen LogP contribution in [0.3, 0.4) is 0 Å². The van der Waals surface area contributed by atoms with Crippen molar-refractivity contribution in [1.82, 2.24) is 28.7 Å². The molecule has 8 aromatic rings. The summed E-state index contributed by atoms with van der Waals surface area (Å²) in [6, 6.07) is 36.1. The molecule has 0 saturated heterocycles. The molecule has 0 unspecified atom stereocenters. The molecule has 0 atom stereocenters. The molecule has 0 aliphatic rings. The molecule has 196 valence electrons. The molecule has 41 heavy (non-hydrogen) atoms. The number of rotatable bonds is 4. The zero-order valence-corrected chi connectivity index (χ0v) is 22.7. The van der Waals surface area contributed by atoms with Crippen molar-refractivity contribution in [2.24, 2.45) is 14.1 Å². The summed E-state index contributed by atoms with van der Waals surface area (Å²) in [5.41, 5.74) is 9.62. The van der Waals surface area contributed by atoms with Crippen molar-refractivity contribution in [2.45, 2.75) is 0 Å². The van der Waals surface area contributed by atoms with Crippen molar-refractivity contribution >= 4 is 32.8 Å². The van der Waals surface area contributed by atoms with Crippen LogP contribution >= 0.6 is 0 Å². The zero-order chi connectivity index (χ0) is 27.5. The number of pyridine rings is 1. The molecule has 0 saturated carbocycles. The Morgan fingerprint density at radius 3 is 2.29 bits per heavy atom. The number of para-hydroxylation sites is 2. The Bertz CT molecular complexity index is 2230. The number of fused-ring (bicyclic) bond motifs is 4. The third kappa shape index (κ3) is 3.61. The van der Waals surface area contributed by atoms with E-state index in [1.165, 1.54) is 10.8 Å². The van der Waals surface area contributed by atoms with Crippen LogP contribution in [0.15, 0.2) is 122 Å². The fourth-order valence-electron chi connectivity index (χ4n) is 6.04. The molecule has 4 aromatic carbocycles. The van der Waals surface area contributed by atoms with Gasteiger partial charge in [0, 0.05) is 65.8 Å². The molecular weight excluding hydrogens is 504 g/mol. The highest BCUT2D eigenvalue weighted by atomic mass is 15.1. The first-order valence-electron chi connectivity index (χ1n) is 13.7. The van der Waals surface area contributed by atoms with E-state index in [1.807, 2.05) is 49.9 Å². The summed E-state index contributed by atoms with van der Waals surface area (Å²) >= 11 is 0. The van der Waals surface area contributed by atoms with Crippen LogP contribution in [0.1, 0.15) is 0 Å². The van der Waals surface area contributed by atoms with Crippen molar-refractivity contribution in [1.29, 1.82) is 0 Å². The van der Waals surface area contributed by atoms with Crippen LogP contribution in [-0.4, -0.2) is 28.7 Å². The van der Waals surface area contributed by atoms with Gasteiger partial charge in [0.05, 0.1) is 27.8 Å². The first-order chi connectivity index (χ1) is 20.2. The molecular formula is C35H26N6. The average Bonchev–Trinajstić information content (AvgIpc) is 3.70. The van der Waals surface area contributed by atoms with E-state index in [1.54, 1.807) is 0 Å². The van der Waals surface area contributed by atoms with Crippen molar-refractivity contribution in [3.63, 3.8) is 0 Å². The summed E-state index contributed by atoms with van der Waals surface area (Å²) in [6.45, 7) is 0. The topological polar surface area (TPSA) is 53.5 Å². The largest absolute Gasteiger partial charge is 0.334 e. The third-order valence-corrected chi connectivity index (χ3v) is 7.96. The van der Waals surface area contributed by atoms with Crippen molar-refractivity contribution < 1.29 is 0 Å². The maximum atomic E-state index is 5.00. The van der Waals surface area contributed by atoms with Crippen molar-refractivity contribution in [3.8, 4) is 39.7 Å².